The lowest BCUT2D eigenvalue weighted by molar-refractivity contribution is -0.130. The van der Waals surface area contributed by atoms with Gasteiger partial charge in [-0.25, -0.2) is 8.42 Å². The number of thioether (sulfide) groups is 1. The monoisotopic (exact) mass is 410 g/mol. The Kier molecular flexibility index (Phi) is 5.94. The Morgan fingerprint density at radius 1 is 1.35 bits per heavy atom. The van der Waals surface area contributed by atoms with Gasteiger partial charge in [0.15, 0.2) is 14.2 Å². The molecule has 0 spiro atoms. The minimum absolute atomic E-state index is 0.0705. The maximum Gasteiger partial charge on any atom is 0.233 e. The fraction of sp³-hybridized carbons (Fsp3) is 0.312. The summed E-state index contributed by atoms with van der Waals surface area (Å²) >= 11 is 2.67. The van der Waals surface area contributed by atoms with Crippen molar-refractivity contribution in [1.82, 2.24) is 15.1 Å². The van der Waals surface area contributed by atoms with Crippen LogP contribution in [0, 0.1) is 0 Å². The van der Waals surface area contributed by atoms with Crippen molar-refractivity contribution < 1.29 is 13.2 Å². The number of benzene rings is 1. The van der Waals surface area contributed by atoms with Crippen LogP contribution >= 0.6 is 23.1 Å². The third-order valence-electron chi connectivity index (χ3n) is 3.77. The standard InChI is InChI=1S/C16H18N4O3S3/c1-17-15-18-19-16(25-15)24-10-14(21)20(9-12-5-3-2-4-6-12)13-7-8-26(22,23)11-13/h2-8,13H,9-11H2,1H3,(H,17,18)/t13-/m1/s1. The van der Waals surface area contributed by atoms with E-state index in [9.17, 15) is 13.2 Å². The van der Waals surface area contributed by atoms with Gasteiger partial charge in [0.1, 0.15) is 0 Å². The number of nitrogens with one attached hydrogen (secondary N) is 1. The van der Waals surface area contributed by atoms with E-state index in [1.54, 1.807) is 18.0 Å². The van der Waals surface area contributed by atoms with Gasteiger partial charge in [0.2, 0.25) is 11.0 Å². The zero-order valence-corrected chi connectivity index (χ0v) is 16.5. The average Bonchev–Trinajstić information content (AvgIpc) is 3.24. The van der Waals surface area contributed by atoms with E-state index in [4.69, 9.17) is 0 Å². The van der Waals surface area contributed by atoms with Crippen LogP contribution in [0.1, 0.15) is 5.56 Å². The molecule has 1 atom stereocenters. The Bertz CT molecular complexity index is 896. The normalized spacial score (nSPS) is 18.0. The summed E-state index contributed by atoms with van der Waals surface area (Å²) in [4.78, 5) is 14.4. The summed E-state index contributed by atoms with van der Waals surface area (Å²) in [5.41, 5.74) is 0.955. The molecule has 1 aliphatic rings. The van der Waals surface area contributed by atoms with Gasteiger partial charge in [-0.3, -0.25) is 4.79 Å². The molecular weight excluding hydrogens is 392 g/mol. The van der Waals surface area contributed by atoms with Crippen molar-refractivity contribution in [3.8, 4) is 0 Å². The van der Waals surface area contributed by atoms with Crippen LogP contribution in [0.15, 0.2) is 46.2 Å². The van der Waals surface area contributed by atoms with Crippen LogP contribution in [-0.2, 0) is 21.2 Å². The predicted octanol–water partition coefficient (Wildman–Crippen LogP) is 2.01. The highest BCUT2D eigenvalue weighted by Crippen LogP contribution is 2.26. The molecule has 2 heterocycles. The third-order valence-corrected chi connectivity index (χ3v) is 7.20. The van der Waals surface area contributed by atoms with Crippen molar-refractivity contribution in [3.63, 3.8) is 0 Å². The minimum Gasteiger partial charge on any atom is -0.363 e. The molecule has 7 nitrogen and oxygen atoms in total. The van der Waals surface area contributed by atoms with Crippen LogP contribution in [-0.4, -0.2) is 54.0 Å². The molecule has 1 aromatic heterocycles. The Labute approximate surface area is 160 Å². The molecule has 138 valence electrons. The number of carbonyl (C=O) groups is 1. The van der Waals surface area contributed by atoms with Crippen molar-refractivity contribution in [2.75, 3.05) is 23.9 Å². The lowest BCUT2D eigenvalue weighted by atomic mass is 10.2. The quantitative estimate of drug-likeness (QED) is 0.698. The SMILES string of the molecule is CNc1nnc(SCC(=O)N(Cc2ccccc2)[C@@H]2C=CS(=O)(=O)C2)s1. The number of amides is 1. The van der Waals surface area contributed by atoms with Crippen LogP contribution < -0.4 is 5.32 Å². The fourth-order valence-corrected chi connectivity index (χ4v) is 5.39. The summed E-state index contributed by atoms with van der Waals surface area (Å²) in [6, 6.07) is 9.09. The highest BCUT2D eigenvalue weighted by Gasteiger charge is 2.30. The topological polar surface area (TPSA) is 92.3 Å². The lowest BCUT2D eigenvalue weighted by Crippen LogP contribution is -2.41. The number of rotatable bonds is 7. The Morgan fingerprint density at radius 3 is 2.73 bits per heavy atom. The van der Waals surface area contributed by atoms with Crippen molar-refractivity contribution in [3.05, 3.63) is 47.4 Å². The van der Waals surface area contributed by atoms with E-state index >= 15 is 0 Å². The zero-order valence-electron chi connectivity index (χ0n) is 14.0. The van der Waals surface area contributed by atoms with Gasteiger partial charge in [-0.05, 0) is 11.6 Å². The van der Waals surface area contributed by atoms with E-state index in [1.165, 1.54) is 28.5 Å². The number of carbonyl (C=O) groups excluding carboxylic acids is 1. The summed E-state index contributed by atoms with van der Waals surface area (Å²) in [5.74, 6) is -0.0269. The van der Waals surface area contributed by atoms with Crippen molar-refractivity contribution in [2.24, 2.45) is 0 Å². The summed E-state index contributed by atoms with van der Waals surface area (Å²) in [5, 5.41) is 12.7. The van der Waals surface area contributed by atoms with Crippen molar-refractivity contribution >= 4 is 44.0 Å². The minimum atomic E-state index is -3.24. The third kappa shape index (κ3) is 4.83. The van der Waals surface area contributed by atoms with Gasteiger partial charge in [-0.2, -0.15) is 0 Å². The summed E-state index contributed by atoms with van der Waals surface area (Å²) in [6.07, 6.45) is 1.59. The van der Waals surface area contributed by atoms with Gasteiger partial charge >= 0.3 is 0 Å². The first-order chi connectivity index (χ1) is 12.5. The molecule has 0 saturated heterocycles. The molecule has 26 heavy (non-hydrogen) atoms. The van der Waals surface area contributed by atoms with Crippen molar-refractivity contribution in [1.29, 1.82) is 0 Å². The van der Waals surface area contributed by atoms with E-state index in [1.807, 2.05) is 30.3 Å². The van der Waals surface area contributed by atoms with Gasteiger partial charge < -0.3 is 10.2 Å². The summed E-state index contributed by atoms with van der Waals surface area (Å²) in [6.45, 7) is 0.364. The number of sulfone groups is 1. The largest absolute Gasteiger partial charge is 0.363 e. The second-order valence-electron chi connectivity index (χ2n) is 5.64. The van der Waals surface area contributed by atoms with Crippen LogP contribution in [0.4, 0.5) is 5.13 Å². The smallest absolute Gasteiger partial charge is 0.233 e. The van der Waals surface area contributed by atoms with Crippen LogP contribution in [0.25, 0.3) is 0 Å². The summed E-state index contributed by atoms with van der Waals surface area (Å²) in [7, 11) is -1.48. The molecule has 1 aliphatic heterocycles. The van der Waals surface area contributed by atoms with Gasteiger partial charge in [0, 0.05) is 19.0 Å². The van der Waals surface area contributed by atoms with Gasteiger partial charge in [0.05, 0.1) is 17.5 Å². The van der Waals surface area contributed by atoms with E-state index in [-0.39, 0.29) is 17.4 Å². The molecular formula is C16H18N4O3S3. The highest BCUT2D eigenvalue weighted by molar-refractivity contribution is 8.01. The Morgan fingerprint density at radius 2 is 2.12 bits per heavy atom. The Hall–Kier alpha value is -1.91. The molecule has 2 aromatic rings. The molecule has 1 amide bonds. The first kappa shape index (κ1) is 18.9. The molecule has 0 saturated carbocycles. The average molecular weight is 411 g/mol. The molecule has 0 radical (unpaired) electrons. The number of hydrogen-bond acceptors (Lipinski definition) is 8. The number of nitrogens with zero attached hydrogens (tertiary/aromatic N) is 3. The van der Waals surface area contributed by atoms with Gasteiger partial charge in [0.25, 0.3) is 0 Å². The van der Waals surface area contributed by atoms with Crippen molar-refractivity contribution in [2.45, 2.75) is 16.9 Å². The first-order valence-corrected chi connectivity index (χ1v) is 11.4. The van der Waals surface area contributed by atoms with E-state index < -0.39 is 15.9 Å². The van der Waals surface area contributed by atoms with Gasteiger partial charge in [-0.15, -0.1) is 10.2 Å². The second kappa shape index (κ2) is 8.19. The number of aromatic nitrogens is 2. The molecule has 1 aromatic carbocycles. The van der Waals surface area contributed by atoms with Crippen LogP contribution in [0.5, 0.6) is 0 Å². The molecule has 0 fully saturated rings. The molecule has 1 N–H and O–H groups in total. The highest BCUT2D eigenvalue weighted by atomic mass is 32.2. The molecule has 3 rings (SSSR count). The first-order valence-electron chi connectivity index (χ1n) is 7.85. The van der Waals surface area contributed by atoms with E-state index in [2.05, 4.69) is 15.5 Å². The number of hydrogen-bond donors (Lipinski definition) is 1. The van der Waals surface area contributed by atoms with Gasteiger partial charge in [-0.1, -0.05) is 53.4 Å². The maximum atomic E-state index is 12.8. The fourth-order valence-electron chi connectivity index (χ4n) is 2.50. The molecule has 10 heteroatoms. The second-order valence-corrected chi connectivity index (χ2v) is 9.78. The van der Waals surface area contributed by atoms with E-state index in [0.717, 1.165) is 5.56 Å². The lowest BCUT2D eigenvalue weighted by Gasteiger charge is -2.27. The maximum absolute atomic E-state index is 12.8. The summed E-state index contributed by atoms with van der Waals surface area (Å²) < 4.78 is 24.3. The molecule has 0 bridgehead atoms. The zero-order chi connectivity index (χ0) is 18.6. The Balaban J connectivity index is 1.71. The number of anilines is 1. The molecule has 0 aliphatic carbocycles. The van der Waals surface area contributed by atoms with E-state index in [0.29, 0.717) is 16.0 Å². The molecule has 0 unspecified atom stereocenters. The van der Waals surface area contributed by atoms with Crippen LogP contribution in [0.3, 0.4) is 0 Å². The van der Waals surface area contributed by atoms with Crippen LogP contribution in [0.2, 0.25) is 0 Å². The predicted molar refractivity (Wildman–Crippen MR) is 104 cm³/mol.